The first-order valence-electron chi connectivity index (χ1n) is 7.04. The first kappa shape index (κ1) is 16.2. The van der Waals surface area contributed by atoms with Gasteiger partial charge in [0.05, 0.1) is 17.3 Å². The molecule has 23 heavy (non-hydrogen) atoms. The van der Waals surface area contributed by atoms with E-state index in [0.29, 0.717) is 10.8 Å². The SMILES string of the molecule is COc1cc(CN(C)C)c2nc(C3=NC(C(=O)O)CS3)sc2c1. The number of thiazole rings is 1. The van der Waals surface area contributed by atoms with E-state index in [-0.39, 0.29) is 0 Å². The molecule has 1 N–H and O–H groups in total. The maximum absolute atomic E-state index is 11.1. The summed E-state index contributed by atoms with van der Waals surface area (Å²) in [4.78, 5) is 22.1. The second kappa shape index (κ2) is 6.46. The molecule has 2 aromatic rings. The molecule has 0 bridgehead atoms. The van der Waals surface area contributed by atoms with E-state index >= 15 is 0 Å². The topological polar surface area (TPSA) is 75.0 Å². The first-order chi connectivity index (χ1) is 11.0. The largest absolute Gasteiger partial charge is 0.497 e. The highest BCUT2D eigenvalue weighted by molar-refractivity contribution is 8.15. The van der Waals surface area contributed by atoms with Gasteiger partial charge in [-0.25, -0.2) is 9.78 Å². The number of aliphatic imine (C=N–C) groups is 1. The van der Waals surface area contributed by atoms with Crippen LogP contribution in [0.15, 0.2) is 17.1 Å². The Labute approximate surface area is 142 Å². The molecule has 0 amide bonds. The molecular weight excluding hydrogens is 334 g/mol. The minimum atomic E-state index is -0.886. The van der Waals surface area contributed by atoms with Crippen molar-refractivity contribution < 1.29 is 14.6 Å². The average Bonchev–Trinajstić information content (AvgIpc) is 3.12. The molecule has 1 unspecified atom stereocenters. The lowest BCUT2D eigenvalue weighted by molar-refractivity contribution is -0.137. The zero-order valence-electron chi connectivity index (χ0n) is 13.1. The normalized spacial score (nSPS) is 17.7. The van der Waals surface area contributed by atoms with Gasteiger partial charge in [0, 0.05) is 12.3 Å². The number of nitrogens with zero attached hydrogens (tertiary/aromatic N) is 3. The maximum atomic E-state index is 11.1. The van der Waals surface area contributed by atoms with Crippen molar-refractivity contribution in [3.05, 3.63) is 22.7 Å². The molecule has 0 radical (unpaired) electrons. The zero-order valence-corrected chi connectivity index (χ0v) is 14.7. The van der Waals surface area contributed by atoms with Gasteiger partial charge in [0.2, 0.25) is 0 Å². The van der Waals surface area contributed by atoms with Crippen LogP contribution in [-0.4, -0.2) is 59.0 Å². The van der Waals surface area contributed by atoms with Crippen LogP contribution in [0.3, 0.4) is 0 Å². The molecule has 0 spiro atoms. The molecule has 8 heteroatoms. The summed E-state index contributed by atoms with van der Waals surface area (Å²) in [5.74, 6) is 0.381. The third-order valence-electron chi connectivity index (χ3n) is 3.39. The molecule has 2 heterocycles. The zero-order chi connectivity index (χ0) is 16.6. The van der Waals surface area contributed by atoms with E-state index in [0.717, 1.165) is 33.1 Å². The highest BCUT2D eigenvalue weighted by Gasteiger charge is 2.27. The number of carboxylic acids is 1. The molecule has 0 saturated carbocycles. The van der Waals surface area contributed by atoms with Crippen LogP contribution in [-0.2, 0) is 11.3 Å². The number of rotatable bonds is 5. The van der Waals surface area contributed by atoms with Gasteiger partial charge in [-0.3, -0.25) is 4.99 Å². The lowest BCUT2D eigenvalue weighted by atomic mass is 10.2. The van der Waals surface area contributed by atoms with Gasteiger partial charge >= 0.3 is 5.97 Å². The predicted molar refractivity (Wildman–Crippen MR) is 94.0 cm³/mol. The minimum Gasteiger partial charge on any atom is -0.497 e. The Hall–Kier alpha value is -1.64. The lowest BCUT2D eigenvalue weighted by Crippen LogP contribution is -2.17. The molecule has 1 aromatic carbocycles. The Morgan fingerprint density at radius 1 is 1.48 bits per heavy atom. The molecule has 3 rings (SSSR count). The van der Waals surface area contributed by atoms with Crippen LogP contribution in [0, 0.1) is 0 Å². The first-order valence-corrected chi connectivity index (χ1v) is 8.84. The summed E-state index contributed by atoms with van der Waals surface area (Å²) in [6.45, 7) is 0.758. The second-order valence-corrected chi connectivity index (χ2v) is 7.53. The molecule has 0 saturated heterocycles. The van der Waals surface area contributed by atoms with Gasteiger partial charge in [0.15, 0.2) is 6.04 Å². The number of ether oxygens (including phenoxy) is 1. The Balaban J connectivity index is 2.04. The number of thioether (sulfide) groups is 1. The molecule has 1 atom stereocenters. The summed E-state index contributed by atoms with van der Waals surface area (Å²) in [6.07, 6.45) is 0. The Morgan fingerprint density at radius 2 is 2.26 bits per heavy atom. The quantitative estimate of drug-likeness (QED) is 0.891. The predicted octanol–water partition coefficient (Wildman–Crippen LogP) is 2.31. The molecule has 1 aromatic heterocycles. The van der Waals surface area contributed by atoms with Gasteiger partial charge in [0.1, 0.15) is 15.8 Å². The summed E-state index contributed by atoms with van der Waals surface area (Å²) < 4.78 is 6.40. The molecular formula is C15H17N3O3S2. The third-order valence-corrected chi connectivity index (χ3v) is 5.58. The van der Waals surface area contributed by atoms with Crippen LogP contribution < -0.4 is 4.74 Å². The van der Waals surface area contributed by atoms with Crippen LogP contribution in [0.5, 0.6) is 5.75 Å². The summed E-state index contributed by atoms with van der Waals surface area (Å²) in [5, 5.41) is 10.6. The number of hydrogen-bond donors (Lipinski definition) is 1. The molecule has 6 nitrogen and oxygen atoms in total. The molecule has 0 aliphatic carbocycles. The van der Waals surface area contributed by atoms with Gasteiger partial charge in [-0.15, -0.1) is 23.1 Å². The molecule has 122 valence electrons. The highest BCUT2D eigenvalue weighted by Crippen LogP contribution is 2.34. The van der Waals surface area contributed by atoms with Gasteiger partial charge < -0.3 is 14.7 Å². The number of aromatic nitrogens is 1. The van der Waals surface area contributed by atoms with Gasteiger partial charge in [-0.2, -0.15) is 0 Å². The summed E-state index contributed by atoms with van der Waals surface area (Å²) in [5.41, 5.74) is 2.02. The van der Waals surface area contributed by atoms with Crippen molar-refractivity contribution in [2.75, 3.05) is 27.0 Å². The third kappa shape index (κ3) is 3.34. The Morgan fingerprint density at radius 3 is 2.87 bits per heavy atom. The Kier molecular flexibility index (Phi) is 4.56. The van der Waals surface area contributed by atoms with Crippen molar-refractivity contribution in [1.29, 1.82) is 0 Å². The fourth-order valence-electron chi connectivity index (χ4n) is 2.36. The van der Waals surface area contributed by atoms with Gasteiger partial charge in [-0.05, 0) is 31.8 Å². The van der Waals surface area contributed by atoms with Crippen molar-refractivity contribution in [1.82, 2.24) is 9.88 Å². The van der Waals surface area contributed by atoms with E-state index < -0.39 is 12.0 Å². The number of aliphatic carboxylic acids is 1. The van der Waals surface area contributed by atoms with Crippen molar-refractivity contribution in [3.8, 4) is 5.75 Å². The van der Waals surface area contributed by atoms with Crippen LogP contribution in [0.2, 0.25) is 0 Å². The van der Waals surface area contributed by atoms with E-state index in [4.69, 9.17) is 14.8 Å². The summed E-state index contributed by atoms with van der Waals surface area (Å²) in [7, 11) is 5.66. The van der Waals surface area contributed by atoms with Crippen molar-refractivity contribution >= 4 is 44.3 Å². The number of hydrogen-bond acceptors (Lipinski definition) is 7. The van der Waals surface area contributed by atoms with Crippen molar-refractivity contribution in [3.63, 3.8) is 0 Å². The fraction of sp³-hybridized carbons (Fsp3) is 0.400. The summed E-state index contributed by atoms with van der Waals surface area (Å²) >= 11 is 2.98. The van der Waals surface area contributed by atoms with E-state index in [1.54, 1.807) is 7.11 Å². The smallest absolute Gasteiger partial charge is 0.329 e. The number of carbonyl (C=O) groups is 1. The number of benzene rings is 1. The van der Waals surface area contributed by atoms with E-state index in [1.807, 2.05) is 26.2 Å². The van der Waals surface area contributed by atoms with E-state index in [2.05, 4.69) is 9.89 Å². The monoisotopic (exact) mass is 351 g/mol. The minimum absolute atomic E-state index is 0.467. The molecule has 1 aliphatic heterocycles. The number of methoxy groups -OCH3 is 1. The van der Waals surface area contributed by atoms with Crippen LogP contribution in [0.4, 0.5) is 0 Å². The van der Waals surface area contributed by atoms with E-state index in [1.165, 1.54) is 23.1 Å². The summed E-state index contributed by atoms with van der Waals surface area (Å²) in [6, 6.07) is 3.29. The van der Waals surface area contributed by atoms with Crippen LogP contribution in [0.25, 0.3) is 10.2 Å². The van der Waals surface area contributed by atoms with Crippen molar-refractivity contribution in [2.45, 2.75) is 12.6 Å². The lowest BCUT2D eigenvalue weighted by Gasteiger charge is -2.11. The number of fused-ring (bicyclic) bond motifs is 1. The standard InChI is InChI=1S/C15H17N3O3S2/c1-18(2)6-8-4-9(21-3)5-11-12(8)17-14(23-11)13-16-10(7-22-13)15(19)20/h4-5,10H,6-7H2,1-3H3,(H,19,20). The van der Waals surface area contributed by atoms with Crippen LogP contribution >= 0.6 is 23.1 Å². The molecule has 0 fully saturated rings. The van der Waals surface area contributed by atoms with Crippen molar-refractivity contribution in [2.24, 2.45) is 4.99 Å². The Bertz CT molecular complexity index is 786. The second-order valence-electron chi connectivity index (χ2n) is 5.49. The maximum Gasteiger partial charge on any atom is 0.329 e. The van der Waals surface area contributed by atoms with E-state index in [9.17, 15) is 4.79 Å². The van der Waals surface area contributed by atoms with Gasteiger partial charge in [0.25, 0.3) is 0 Å². The molecule has 1 aliphatic rings. The average molecular weight is 351 g/mol. The highest BCUT2D eigenvalue weighted by atomic mass is 32.2. The number of carboxylic acid groups (broad SMARTS) is 1. The fourth-order valence-corrected chi connectivity index (χ4v) is 4.50. The van der Waals surface area contributed by atoms with Crippen LogP contribution in [0.1, 0.15) is 10.6 Å². The van der Waals surface area contributed by atoms with Gasteiger partial charge in [-0.1, -0.05) is 0 Å².